The van der Waals surface area contributed by atoms with E-state index >= 15 is 0 Å². The molecule has 130 valence electrons. The summed E-state index contributed by atoms with van der Waals surface area (Å²) in [7, 11) is 0. The van der Waals surface area contributed by atoms with Gasteiger partial charge in [-0.2, -0.15) is 0 Å². The largest absolute Gasteiger partial charge is 0.433 e. The molecule has 2 rings (SSSR count). The molecule has 1 atom stereocenters. The standard InChI is InChI=1S/C16H20N2O6/c19-13-8-9-14(20)18(13)24-15(21)10-11-17-16(22)23-12-6-4-2-1-3-5-7-12/h12H,1-4,6,8-11H2,(H,17,22). The van der Waals surface area contributed by atoms with Gasteiger partial charge in [0, 0.05) is 25.8 Å². The second-order valence-corrected chi connectivity index (χ2v) is 5.54. The van der Waals surface area contributed by atoms with E-state index in [2.05, 4.69) is 22.0 Å². The molecule has 0 spiro atoms. The Balaban J connectivity index is 1.65. The first-order valence-electron chi connectivity index (χ1n) is 8.05. The molecule has 1 fully saturated rings. The summed E-state index contributed by atoms with van der Waals surface area (Å²) in [5.74, 6) is 4.02. The van der Waals surface area contributed by atoms with Crippen molar-refractivity contribution in [1.29, 1.82) is 0 Å². The summed E-state index contributed by atoms with van der Waals surface area (Å²) in [5, 5.41) is 2.90. The highest BCUT2D eigenvalue weighted by Gasteiger charge is 2.32. The molecule has 0 aromatic carbocycles. The molecule has 0 bridgehead atoms. The van der Waals surface area contributed by atoms with Gasteiger partial charge >= 0.3 is 12.1 Å². The molecule has 1 aliphatic heterocycles. The molecule has 1 saturated heterocycles. The van der Waals surface area contributed by atoms with Crippen LogP contribution in [0.1, 0.15) is 51.4 Å². The lowest BCUT2D eigenvalue weighted by atomic mass is 10.1. The Labute approximate surface area is 139 Å². The van der Waals surface area contributed by atoms with E-state index < -0.39 is 30.0 Å². The Morgan fingerprint density at radius 2 is 1.92 bits per heavy atom. The van der Waals surface area contributed by atoms with E-state index in [1.54, 1.807) is 0 Å². The second kappa shape index (κ2) is 8.91. The number of alkyl carbamates (subject to hydrolysis) is 1. The lowest BCUT2D eigenvalue weighted by molar-refractivity contribution is -0.197. The normalized spacial score (nSPS) is 20.5. The van der Waals surface area contributed by atoms with Crippen LogP contribution in [-0.4, -0.2) is 41.6 Å². The average Bonchev–Trinajstić information content (AvgIpc) is 2.82. The van der Waals surface area contributed by atoms with Crippen molar-refractivity contribution in [1.82, 2.24) is 10.4 Å². The topological polar surface area (TPSA) is 102 Å². The number of nitrogens with zero attached hydrogens (tertiary/aromatic N) is 1. The van der Waals surface area contributed by atoms with Crippen LogP contribution in [-0.2, 0) is 24.0 Å². The maximum Gasteiger partial charge on any atom is 0.408 e. The Hall–Kier alpha value is -2.56. The SMILES string of the molecule is O=C(CCNC(=O)OC1C#CCCCCC1)ON1C(=O)CCC1=O. The van der Waals surface area contributed by atoms with Crippen LogP contribution in [0.3, 0.4) is 0 Å². The number of hydrogen-bond donors (Lipinski definition) is 1. The van der Waals surface area contributed by atoms with Crippen molar-refractivity contribution in [3.8, 4) is 11.8 Å². The van der Waals surface area contributed by atoms with E-state index in [1.807, 2.05) is 0 Å². The number of hydrogen-bond acceptors (Lipinski definition) is 6. The summed E-state index contributed by atoms with van der Waals surface area (Å²) >= 11 is 0. The fourth-order valence-electron chi connectivity index (χ4n) is 2.31. The Bertz CT molecular complexity index is 561. The first-order valence-corrected chi connectivity index (χ1v) is 8.05. The lowest BCUT2D eigenvalue weighted by Gasteiger charge is -2.15. The van der Waals surface area contributed by atoms with Crippen LogP contribution >= 0.6 is 0 Å². The van der Waals surface area contributed by atoms with Gasteiger partial charge in [0.05, 0.1) is 6.42 Å². The Kier molecular flexibility index (Phi) is 6.61. The molecule has 1 N–H and O–H groups in total. The maximum absolute atomic E-state index is 11.7. The first-order chi connectivity index (χ1) is 11.6. The van der Waals surface area contributed by atoms with Crippen molar-refractivity contribution < 1.29 is 28.8 Å². The fourth-order valence-corrected chi connectivity index (χ4v) is 2.31. The van der Waals surface area contributed by atoms with Gasteiger partial charge in [-0.25, -0.2) is 9.59 Å². The Morgan fingerprint density at radius 1 is 1.17 bits per heavy atom. The predicted molar refractivity (Wildman–Crippen MR) is 80.9 cm³/mol. The molecule has 2 aliphatic rings. The average molecular weight is 336 g/mol. The van der Waals surface area contributed by atoms with E-state index in [1.165, 1.54) is 0 Å². The van der Waals surface area contributed by atoms with Crippen molar-refractivity contribution in [2.24, 2.45) is 0 Å². The number of carbonyl (C=O) groups excluding carboxylic acids is 4. The van der Waals surface area contributed by atoms with Gasteiger partial charge in [-0.05, 0) is 19.3 Å². The highest BCUT2D eigenvalue weighted by Crippen LogP contribution is 2.13. The number of hydroxylamine groups is 2. The molecule has 1 unspecified atom stereocenters. The maximum atomic E-state index is 11.7. The number of imide groups is 1. The molecule has 8 nitrogen and oxygen atoms in total. The smallest absolute Gasteiger partial charge is 0.408 e. The van der Waals surface area contributed by atoms with Crippen molar-refractivity contribution >= 4 is 23.9 Å². The highest BCUT2D eigenvalue weighted by molar-refractivity contribution is 6.01. The molecular formula is C16H20N2O6. The molecule has 1 heterocycles. The van der Waals surface area contributed by atoms with Crippen molar-refractivity contribution in [2.75, 3.05) is 6.54 Å². The summed E-state index contributed by atoms with van der Waals surface area (Å²) in [4.78, 5) is 50.5. The minimum Gasteiger partial charge on any atom is -0.433 e. The number of ether oxygens (including phenoxy) is 1. The second-order valence-electron chi connectivity index (χ2n) is 5.54. The lowest BCUT2D eigenvalue weighted by Crippen LogP contribution is -2.34. The fraction of sp³-hybridized carbons (Fsp3) is 0.625. The van der Waals surface area contributed by atoms with E-state index in [0.717, 1.165) is 25.7 Å². The quantitative estimate of drug-likeness (QED) is 0.595. The van der Waals surface area contributed by atoms with Crippen LogP contribution in [0.25, 0.3) is 0 Å². The third kappa shape index (κ3) is 5.57. The predicted octanol–water partition coefficient (Wildman–Crippen LogP) is 1.05. The van der Waals surface area contributed by atoms with E-state index in [4.69, 9.17) is 4.74 Å². The minimum absolute atomic E-state index is 0.0198. The first kappa shape index (κ1) is 17.8. The summed E-state index contributed by atoms with van der Waals surface area (Å²) < 4.78 is 5.18. The zero-order valence-electron chi connectivity index (χ0n) is 13.3. The van der Waals surface area contributed by atoms with Crippen molar-refractivity contribution in [3.63, 3.8) is 0 Å². The van der Waals surface area contributed by atoms with Crippen LogP contribution in [0.2, 0.25) is 0 Å². The minimum atomic E-state index is -0.773. The molecule has 0 aromatic heterocycles. The molecule has 1 aliphatic carbocycles. The number of carbonyl (C=O) groups is 4. The zero-order chi connectivity index (χ0) is 17.4. The van der Waals surface area contributed by atoms with Crippen LogP contribution in [0.5, 0.6) is 0 Å². The molecule has 24 heavy (non-hydrogen) atoms. The van der Waals surface area contributed by atoms with Crippen LogP contribution in [0.4, 0.5) is 4.79 Å². The number of amides is 3. The summed E-state index contributed by atoms with van der Waals surface area (Å²) in [6, 6.07) is 0. The van der Waals surface area contributed by atoms with Gasteiger partial charge in [-0.15, -0.1) is 5.06 Å². The third-order valence-corrected chi connectivity index (χ3v) is 3.58. The van der Waals surface area contributed by atoms with Crippen molar-refractivity contribution in [3.05, 3.63) is 0 Å². The van der Waals surface area contributed by atoms with Gasteiger partial charge < -0.3 is 14.9 Å². The number of nitrogens with one attached hydrogen (secondary N) is 1. The van der Waals surface area contributed by atoms with E-state index in [-0.39, 0.29) is 25.8 Å². The van der Waals surface area contributed by atoms with Crippen LogP contribution < -0.4 is 5.32 Å². The molecule has 0 radical (unpaired) electrons. The van der Waals surface area contributed by atoms with Gasteiger partial charge in [-0.3, -0.25) is 9.59 Å². The van der Waals surface area contributed by atoms with Gasteiger partial charge in [0.15, 0.2) is 6.10 Å². The summed E-state index contributed by atoms with van der Waals surface area (Å²) in [5.41, 5.74) is 0. The van der Waals surface area contributed by atoms with Crippen LogP contribution in [0.15, 0.2) is 0 Å². The van der Waals surface area contributed by atoms with Crippen LogP contribution in [0, 0.1) is 11.8 Å². The van der Waals surface area contributed by atoms with Gasteiger partial charge in [0.25, 0.3) is 11.8 Å². The molecule has 8 heteroatoms. The molecule has 3 amide bonds. The monoisotopic (exact) mass is 336 g/mol. The zero-order valence-corrected chi connectivity index (χ0v) is 13.3. The van der Waals surface area contributed by atoms with Gasteiger partial charge in [-0.1, -0.05) is 18.3 Å². The summed E-state index contributed by atoms with van der Waals surface area (Å²) in [6.45, 7) is -0.0198. The highest BCUT2D eigenvalue weighted by atomic mass is 16.7. The van der Waals surface area contributed by atoms with E-state index in [0.29, 0.717) is 11.5 Å². The Morgan fingerprint density at radius 3 is 2.67 bits per heavy atom. The molecule has 0 aromatic rings. The van der Waals surface area contributed by atoms with Gasteiger partial charge in [0.1, 0.15) is 0 Å². The molecule has 0 saturated carbocycles. The third-order valence-electron chi connectivity index (χ3n) is 3.58. The van der Waals surface area contributed by atoms with E-state index in [9.17, 15) is 19.2 Å². The van der Waals surface area contributed by atoms with Gasteiger partial charge in [0.2, 0.25) is 0 Å². The number of rotatable bonds is 5. The summed E-state index contributed by atoms with van der Waals surface area (Å²) in [6.07, 6.45) is 3.40. The van der Waals surface area contributed by atoms with Crippen molar-refractivity contribution in [2.45, 2.75) is 57.5 Å². The molecular weight excluding hydrogens is 316 g/mol.